The number of rotatable bonds is 8. The number of hydrogen-bond acceptors (Lipinski definition) is 4. The molecule has 42 heavy (non-hydrogen) atoms. The molecule has 2 atom stereocenters. The van der Waals surface area contributed by atoms with Crippen molar-refractivity contribution in [1.82, 2.24) is 0 Å². The molecular weight excluding hydrogens is 632 g/mol. The smallest absolute Gasteiger partial charge is 0.375 e. The number of hydrogen-bond donors (Lipinski definition) is 3. The van der Waals surface area contributed by atoms with E-state index in [-0.39, 0.29) is 39.8 Å². The molecule has 4 rings (SSSR count). The molecule has 7 nitrogen and oxygen atoms in total. The van der Waals surface area contributed by atoms with Gasteiger partial charge in [-0.05, 0) is 54.1 Å². The molecule has 3 aromatic carbocycles. The van der Waals surface area contributed by atoms with E-state index in [9.17, 15) is 36.3 Å². The van der Waals surface area contributed by atoms with Gasteiger partial charge in [0.1, 0.15) is 22.6 Å². The van der Waals surface area contributed by atoms with Gasteiger partial charge < -0.3 is 20.7 Å². The zero-order valence-electron chi connectivity index (χ0n) is 21.2. The maximum atomic E-state index is 14.6. The fourth-order valence-electron chi connectivity index (χ4n) is 4.23. The highest BCUT2D eigenvalue weighted by Crippen LogP contribution is 2.65. The van der Waals surface area contributed by atoms with Crippen molar-refractivity contribution in [3.05, 3.63) is 87.9 Å². The number of halogens is 8. The third-order valence-electron chi connectivity index (χ3n) is 6.25. The number of methoxy groups -OCH3 is 1. The number of amides is 3. The molecule has 3 aromatic rings. The van der Waals surface area contributed by atoms with Gasteiger partial charge in [0.15, 0.2) is 0 Å². The third kappa shape index (κ3) is 6.78. The Kier molecular flexibility index (Phi) is 9.02. The number of carbonyl (C=O) groups is 3. The maximum absolute atomic E-state index is 14.6. The van der Waals surface area contributed by atoms with Crippen molar-refractivity contribution in [2.75, 3.05) is 29.7 Å². The topological polar surface area (TPSA) is 96.5 Å². The molecule has 1 aliphatic carbocycles. The minimum Gasteiger partial charge on any atom is -0.375 e. The zero-order valence-corrected chi connectivity index (χ0v) is 23.5. The minimum absolute atomic E-state index is 0.0138. The second kappa shape index (κ2) is 12.0. The van der Waals surface area contributed by atoms with Gasteiger partial charge in [0.25, 0.3) is 5.91 Å². The lowest BCUT2D eigenvalue weighted by molar-refractivity contribution is -0.140. The fraction of sp³-hybridized carbons (Fsp3) is 0.222. The summed E-state index contributed by atoms with van der Waals surface area (Å²) in [5.74, 6) is -6.88. The van der Waals surface area contributed by atoms with Gasteiger partial charge in [-0.25, -0.2) is 8.78 Å². The molecule has 3 amide bonds. The Bertz CT molecular complexity index is 1570. The summed E-state index contributed by atoms with van der Waals surface area (Å²) in [6.45, 7) is -0.251. The first-order chi connectivity index (χ1) is 19.6. The highest BCUT2D eigenvalue weighted by Gasteiger charge is 2.67. The van der Waals surface area contributed by atoms with E-state index in [0.717, 1.165) is 18.2 Å². The standard InChI is InChI=1S/C27H19Cl3F5N3O4/c1-42-11-21(39)36-13-3-5-15(19(32)9-13)24(40)38-20-10-14(4-6-17(20)28)37-25(41)23-22(26(23,29)30)12-2-7-18(31)16(8-12)27(33,34)35/h2-10,22-23H,11H2,1H3,(H,36,39)(H,37,41)(H,38,40). The molecule has 0 radical (unpaired) electrons. The van der Waals surface area contributed by atoms with Crippen molar-refractivity contribution in [2.45, 2.75) is 16.4 Å². The monoisotopic (exact) mass is 649 g/mol. The Morgan fingerprint density at radius 1 is 0.905 bits per heavy atom. The number of nitrogens with one attached hydrogen (secondary N) is 3. The number of benzene rings is 3. The lowest BCUT2D eigenvalue weighted by atomic mass is 10.0. The van der Waals surface area contributed by atoms with E-state index in [2.05, 4.69) is 20.7 Å². The Morgan fingerprint density at radius 3 is 2.21 bits per heavy atom. The fourth-order valence-corrected chi connectivity index (χ4v) is 5.23. The van der Waals surface area contributed by atoms with E-state index in [1.807, 2.05) is 0 Å². The van der Waals surface area contributed by atoms with Gasteiger partial charge >= 0.3 is 6.18 Å². The average Bonchev–Trinajstić information content (AvgIpc) is 3.47. The molecule has 0 aromatic heterocycles. The molecule has 2 unspecified atom stereocenters. The summed E-state index contributed by atoms with van der Waals surface area (Å²) < 4.78 is 70.7. The van der Waals surface area contributed by atoms with Crippen molar-refractivity contribution >= 4 is 69.6 Å². The van der Waals surface area contributed by atoms with Crippen LogP contribution in [-0.4, -0.2) is 35.8 Å². The van der Waals surface area contributed by atoms with Crippen molar-refractivity contribution in [2.24, 2.45) is 5.92 Å². The largest absolute Gasteiger partial charge is 0.419 e. The first-order valence-corrected chi connectivity index (χ1v) is 13.0. The molecule has 222 valence electrons. The highest BCUT2D eigenvalue weighted by atomic mass is 35.5. The van der Waals surface area contributed by atoms with E-state index in [4.69, 9.17) is 34.8 Å². The quantitative estimate of drug-likeness (QED) is 0.181. The third-order valence-corrected chi connectivity index (χ3v) is 7.52. The van der Waals surface area contributed by atoms with Crippen LogP contribution in [0, 0.1) is 17.6 Å². The van der Waals surface area contributed by atoms with Crippen LogP contribution in [0.3, 0.4) is 0 Å². The van der Waals surface area contributed by atoms with Gasteiger partial charge in [0.05, 0.1) is 27.8 Å². The Morgan fingerprint density at radius 2 is 1.57 bits per heavy atom. The number of alkyl halides is 5. The number of carbonyl (C=O) groups excluding carboxylic acids is 3. The van der Waals surface area contributed by atoms with Crippen LogP contribution in [0.1, 0.15) is 27.4 Å². The Labute approximate surface area is 250 Å². The van der Waals surface area contributed by atoms with Crippen LogP contribution in [0.5, 0.6) is 0 Å². The van der Waals surface area contributed by atoms with Crippen LogP contribution in [0.25, 0.3) is 0 Å². The summed E-state index contributed by atoms with van der Waals surface area (Å²) in [6, 6.07) is 9.59. The van der Waals surface area contributed by atoms with Crippen LogP contribution < -0.4 is 16.0 Å². The molecule has 1 saturated carbocycles. The number of anilines is 3. The van der Waals surface area contributed by atoms with E-state index < -0.39 is 57.3 Å². The van der Waals surface area contributed by atoms with Crippen LogP contribution in [-0.2, 0) is 20.5 Å². The van der Waals surface area contributed by atoms with Gasteiger partial charge in [-0.2, -0.15) is 13.2 Å². The lowest BCUT2D eigenvalue weighted by Gasteiger charge is -2.12. The van der Waals surface area contributed by atoms with E-state index in [1.54, 1.807) is 0 Å². The van der Waals surface area contributed by atoms with Crippen molar-refractivity contribution in [1.29, 1.82) is 0 Å². The maximum Gasteiger partial charge on any atom is 0.419 e. The van der Waals surface area contributed by atoms with E-state index in [0.29, 0.717) is 12.1 Å². The zero-order chi connectivity index (χ0) is 31.0. The van der Waals surface area contributed by atoms with Crippen LogP contribution in [0.2, 0.25) is 5.02 Å². The summed E-state index contributed by atoms with van der Waals surface area (Å²) in [7, 11) is 1.31. The Balaban J connectivity index is 1.47. The van der Waals surface area contributed by atoms with E-state index >= 15 is 0 Å². The molecule has 0 bridgehead atoms. The van der Waals surface area contributed by atoms with E-state index in [1.165, 1.54) is 31.4 Å². The summed E-state index contributed by atoms with van der Waals surface area (Å²) in [4.78, 5) is 37.3. The molecule has 1 aliphatic rings. The molecule has 1 fully saturated rings. The molecule has 15 heteroatoms. The van der Waals surface area contributed by atoms with Crippen molar-refractivity contribution < 1.29 is 41.1 Å². The second-order valence-corrected chi connectivity index (χ2v) is 11.0. The predicted octanol–water partition coefficient (Wildman–Crippen LogP) is 7.00. The molecule has 0 spiro atoms. The van der Waals surface area contributed by atoms with Crippen LogP contribution in [0.15, 0.2) is 54.6 Å². The number of ether oxygens (including phenoxy) is 1. The second-order valence-electron chi connectivity index (χ2n) is 9.18. The van der Waals surface area contributed by atoms with Gasteiger partial charge in [0, 0.05) is 24.4 Å². The van der Waals surface area contributed by atoms with Gasteiger partial charge in [-0.1, -0.05) is 17.7 Å². The SMILES string of the molecule is COCC(=O)Nc1ccc(C(=O)Nc2cc(NC(=O)C3C(c4ccc(F)c(C(F)(F)F)c4)C3(Cl)Cl)ccc2Cl)c(F)c1. The average molecular weight is 651 g/mol. The lowest BCUT2D eigenvalue weighted by Crippen LogP contribution is -2.19. The molecule has 0 aliphatic heterocycles. The molecule has 3 N–H and O–H groups in total. The highest BCUT2D eigenvalue weighted by molar-refractivity contribution is 6.53. The Hall–Kier alpha value is -3.45. The summed E-state index contributed by atoms with van der Waals surface area (Å²) in [5.41, 5.74) is -1.80. The molecule has 0 heterocycles. The normalized spacial score (nSPS) is 17.4. The first kappa shape index (κ1) is 31.5. The van der Waals surface area contributed by atoms with Crippen LogP contribution in [0.4, 0.5) is 39.0 Å². The van der Waals surface area contributed by atoms with Crippen LogP contribution >= 0.6 is 34.8 Å². The van der Waals surface area contributed by atoms with Gasteiger partial charge in [-0.15, -0.1) is 23.2 Å². The van der Waals surface area contributed by atoms with Crippen molar-refractivity contribution in [3.63, 3.8) is 0 Å². The first-order valence-electron chi connectivity index (χ1n) is 11.9. The summed E-state index contributed by atoms with van der Waals surface area (Å²) in [6.07, 6.45) is -4.97. The molecular formula is C27H19Cl3F5N3O4. The minimum atomic E-state index is -4.97. The van der Waals surface area contributed by atoms with Gasteiger partial charge in [0.2, 0.25) is 11.8 Å². The van der Waals surface area contributed by atoms with Crippen molar-refractivity contribution in [3.8, 4) is 0 Å². The van der Waals surface area contributed by atoms with Gasteiger partial charge in [-0.3, -0.25) is 14.4 Å². The predicted molar refractivity (Wildman–Crippen MR) is 147 cm³/mol. The molecule has 0 saturated heterocycles. The summed E-state index contributed by atoms with van der Waals surface area (Å²) in [5, 5.41) is 7.35. The summed E-state index contributed by atoms with van der Waals surface area (Å²) >= 11 is 18.6.